The van der Waals surface area contributed by atoms with Gasteiger partial charge in [0.05, 0.1) is 13.3 Å². The van der Waals surface area contributed by atoms with Gasteiger partial charge in [0.15, 0.2) is 5.60 Å². The Hall–Kier alpha value is -0.810. The second-order valence-corrected chi connectivity index (χ2v) is 3.36. The molecule has 1 atom stereocenters. The lowest BCUT2D eigenvalue weighted by Crippen LogP contribution is -2.48. The molecule has 0 aromatic heterocycles. The Labute approximate surface area is 93.4 Å². The SMILES string of the molecule is C=CCCC(O)(C=C)C(F)(F)OCCCF. The first kappa shape index (κ1) is 15.2. The van der Waals surface area contributed by atoms with Crippen LogP contribution >= 0.6 is 0 Å². The van der Waals surface area contributed by atoms with Gasteiger partial charge in [0.2, 0.25) is 0 Å². The van der Waals surface area contributed by atoms with E-state index in [1.54, 1.807) is 0 Å². The van der Waals surface area contributed by atoms with E-state index in [0.29, 0.717) is 0 Å². The Morgan fingerprint density at radius 3 is 2.38 bits per heavy atom. The summed E-state index contributed by atoms with van der Waals surface area (Å²) in [5.74, 6) is 0. The largest absolute Gasteiger partial charge is 0.387 e. The minimum atomic E-state index is -3.77. The average molecular weight is 238 g/mol. The van der Waals surface area contributed by atoms with Crippen molar-refractivity contribution in [1.82, 2.24) is 0 Å². The van der Waals surface area contributed by atoms with Crippen LogP contribution in [0.1, 0.15) is 19.3 Å². The third kappa shape index (κ3) is 3.98. The predicted molar refractivity (Wildman–Crippen MR) is 56.1 cm³/mol. The van der Waals surface area contributed by atoms with E-state index in [1.165, 1.54) is 6.08 Å². The molecule has 1 N–H and O–H groups in total. The first-order valence-corrected chi connectivity index (χ1v) is 4.98. The van der Waals surface area contributed by atoms with Crippen LogP contribution in [0.3, 0.4) is 0 Å². The maximum Gasteiger partial charge on any atom is 0.387 e. The molecule has 1 unspecified atom stereocenters. The fourth-order valence-electron chi connectivity index (χ4n) is 1.07. The molecule has 0 aromatic carbocycles. The molecule has 0 fully saturated rings. The van der Waals surface area contributed by atoms with Crippen LogP contribution in [0.4, 0.5) is 13.2 Å². The van der Waals surface area contributed by atoms with Gasteiger partial charge in [-0.3, -0.25) is 4.39 Å². The minimum Gasteiger partial charge on any atom is -0.377 e. The van der Waals surface area contributed by atoms with Gasteiger partial charge in [-0.1, -0.05) is 18.7 Å². The summed E-state index contributed by atoms with van der Waals surface area (Å²) in [5, 5.41) is 9.64. The molecule has 5 heteroatoms. The summed E-state index contributed by atoms with van der Waals surface area (Å²) in [7, 11) is 0. The van der Waals surface area contributed by atoms with Gasteiger partial charge in [-0.15, -0.1) is 6.58 Å². The molecule has 0 saturated heterocycles. The Balaban J connectivity index is 4.49. The minimum absolute atomic E-state index is 0.135. The first-order valence-electron chi connectivity index (χ1n) is 4.98. The highest BCUT2D eigenvalue weighted by atomic mass is 19.3. The van der Waals surface area contributed by atoms with Crippen molar-refractivity contribution in [3.05, 3.63) is 25.3 Å². The lowest BCUT2D eigenvalue weighted by molar-refractivity contribution is -0.316. The van der Waals surface area contributed by atoms with Crippen LogP contribution in [0, 0.1) is 0 Å². The third-order valence-corrected chi connectivity index (χ3v) is 2.13. The average Bonchev–Trinajstić information content (AvgIpc) is 2.25. The monoisotopic (exact) mass is 238 g/mol. The molecule has 0 bridgehead atoms. The molecule has 0 spiro atoms. The first-order chi connectivity index (χ1) is 7.43. The highest BCUT2D eigenvalue weighted by Crippen LogP contribution is 2.35. The van der Waals surface area contributed by atoms with Crippen LogP contribution < -0.4 is 0 Å². The highest BCUT2D eigenvalue weighted by Gasteiger charge is 2.51. The van der Waals surface area contributed by atoms with Crippen LogP contribution in [0.2, 0.25) is 0 Å². The third-order valence-electron chi connectivity index (χ3n) is 2.13. The van der Waals surface area contributed by atoms with Crippen LogP contribution in [-0.2, 0) is 4.74 Å². The standard InChI is InChI=1S/C11H17F3O2/c1-3-5-7-10(15,4-2)11(13,14)16-9-6-8-12/h3-4,15H,1-2,5-9H2. The van der Waals surface area contributed by atoms with Gasteiger partial charge in [-0.05, 0) is 19.3 Å². The van der Waals surface area contributed by atoms with Crippen molar-refractivity contribution in [2.75, 3.05) is 13.3 Å². The van der Waals surface area contributed by atoms with Crippen molar-refractivity contribution in [3.8, 4) is 0 Å². The van der Waals surface area contributed by atoms with Crippen molar-refractivity contribution >= 4 is 0 Å². The van der Waals surface area contributed by atoms with E-state index in [1.807, 2.05) is 0 Å². The molecule has 0 aromatic rings. The number of alkyl halides is 3. The van der Waals surface area contributed by atoms with Gasteiger partial charge in [-0.25, -0.2) is 0 Å². The van der Waals surface area contributed by atoms with Crippen LogP contribution in [0.5, 0.6) is 0 Å². The van der Waals surface area contributed by atoms with Crippen molar-refractivity contribution in [2.45, 2.75) is 31.0 Å². The van der Waals surface area contributed by atoms with E-state index in [0.717, 1.165) is 6.08 Å². The highest BCUT2D eigenvalue weighted by molar-refractivity contribution is 5.02. The molecule has 0 aliphatic rings. The number of allylic oxidation sites excluding steroid dienone is 1. The second kappa shape index (κ2) is 6.70. The molecule has 0 aliphatic carbocycles. The zero-order valence-electron chi connectivity index (χ0n) is 9.09. The Morgan fingerprint density at radius 2 is 1.94 bits per heavy atom. The maximum absolute atomic E-state index is 13.4. The molecule has 0 saturated carbocycles. The summed E-state index contributed by atoms with van der Waals surface area (Å²) < 4.78 is 42.8. The quantitative estimate of drug-likeness (QED) is 0.494. The molecule has 0 amide bonds. The van der Waals surface area contributed by atoms with E-state index in [-0.39, 0.29) is 19.3 Å². The smallest absolute Gasteiger partial charge is 0.377 e. The number of ether oxygens (including phenoxy) is 1. The summed E-state index contributed by atoms with van der Waals surface area (Å²) in [6, 6.07) is 0. The summed E-state index contributed by atoms with van der Waals surface area (Å²) in [6.45, 7) is 5.35. The van der Waals surface area contributed by atoms with Crippen molar-refractivity contribution < 1.29 is 23.0 Å². The molecule has 0 aliphatic heterocycles. The topological polar surface area (TPSA) is 29.5 Å². The lowest BCUT2D eigenvalue weighted by atomic mass is 9.96. The van der Waals surface area contributed by atoms with Gasteiger partial charge >= 0.3 is 6.11 Å². The van der Waals surface area contributed by atoms with Gasteiger partial charge in [0, 0.05) is 0 Å². The number of halogens is 3. The van der Waals surface area contributed by atoms with E-state index in [2.05, 4.69) is 17.9 Å². The van der Waals surface area contributed by atoms with Crippen LogP contribution in [0.15, 0.2) is 25.3 Å². The number of aliphatic hydroxyl groups is 1. The number of hydrogen-bond acceptors (Lipinski definition) is 2. The van der Waals surface area contributed by atoms with Crippen molar-refractivity contribution in [1.29, 1.82) is 0 Å². The summed E-state index contributed by atoms with van der Waals surface area (Å²) in [5.41, 5.74) is -2.45. The predicted octanol–water partition coefficient (Wildman–Crippen LogP) is 2.84. The Morgan fingerprint density at radius 1 is 1.31 bits per heavy atom. The zero-order valence-corrected chi connectivity index (χ0v) is 9.09. The fraction of sp³-hybridized carbons (Fsp3) is 0.636. The van der Waals surface area contributed by atoms with E-state index in [4.69, 9.17) is 0 Å². The van der Waals surface area contributed by atoms with Gasteiger partial charge in [0.25, 0.3) is 0 Å². The molecule has 16 heavy (non-hydrogen) atoms. The summed E-state index contributed by atoms with van der Waals surface area (Å²) in [6.07, 6.45) is -1.80. The van der Waals surface area contributed by atoms with Crippen molar-refractivity contribution in [2.24, 2.45) is 0 Å². The molecule has 0 radical (unpaired) electrons. The lowest BCUT2D eigenvalue weighted by Gasteiger charge is -2.32. The molecule has 94 valence electrons. The molecule has 0 rings (SSSR count). The summed E-state index contributed by atoms with van der Waals surface area (Å²) >= 11 is 0. The van der Waals surface area contributed by atoms with Crippen molar-refractivity contribution in [3.63, 3.8) is 0 Å². The molecule has 0 heterocycles. The normalized spacial score (nSPS) is 15.5. The number of rotatable bonds is 9. The second-order valence-electron chi connectivity index (χ2n) is 3.36. The van der Waals surface area contributed by atoms with Crippen LogP contribution in [-0.4, -0.2) is 30.1 Å². The van der Waals surface area contributed by atoms with E-state index >= 15 is 0 Å². The van der Waals surface area contributed by atoms with Crippen LogP contribution in [0.25, 0.3) is 0 Å². The van der Waals surface area contributed by atoms with Gasteiger partial charge in [-0.2, -0.15) is 8.78 Å². The van der Waals surface area contributed by atoms with Gasteiger partial charge < -0.3 is 9.84 Å². The van der Waals surface area contributed by atoms with Gasteiger partial charge in [0.1, 0.15) is 0 Å². The van der Waals surface area contributed by atoms with E-state index in [9.17, 15) is 18.3 Å². The zero-order chi connectivity index (χ0) is 12.7. The Bertz CT molecular complexity index is 231. The molecule has 2 nitrogen and oxygen atoms in total. The maximum atomic E-state index is 13.4. The molecular formula is C11H17F3O2. The number of hydrogen-bond donors (Lipinski definition) is 1. The fourth-order valence-corrected chi connectivity index (χ4v) is 1.07. The Kier molecular flexibility index (Phi) is 6.36. The van der Waals surface area contributed by atoms with E-state index < -0.39 is 25.0 Å². The molecular weight excluding hydrogens is 221 g/mol. The summed E-state index contributed by atoms with van der Waals surface area (Å²) in [4.78, 5) is 0.